The highest BCUT2D eigenvalue weighted by Crippen LogP contribution is 2.18. The Kier molecular flexibility index (Phi) is 2.65. The van der Waals surface area contributed by atoms with Gasteiger partial charge in [0.05, 0.1) is 13.2 Å². The van der Waals surface area contributed by atoms with E-state index in [2.05, 4.69) is 4.99 Å². The molecule has 0 aliphatic carbocycles. The van der Waals surface area contributed by atoms with E-state index in [0.717, 1.165) is 12.1 Å². The van der Waals surface area contributed by atoms with Crippen molar-refractivity contribution in [3.05, 3.63) is 11.6 Å². The van der Waals surface area contributed by atoms with Crippen LogP contribution in [-0.4, -0.2) is 26.1 Å². The van der Waals surface area contributed by atoms with E-state index in [4.69, 9.17) is 10.5 Å². The molecule has 3 heteroatoms. The molecule has 62 valence electrons. The van der Waals surface area contributed by atoms with Gasteiger partial charge >= 0.3 is 0 Å². The van der Waals surface area contributed by atoms with Crippen LogP contribution < -0.4 is 5.73 Å². The van der Waals surface area contributed by atoms with Crippen molar-refractivity contribution in [3.63, 3.8) is 0 Å². The lowest BCUT2D eigenvalue weighted by molar-refractivity contribution is 0.172. The second-order valence-electron chi connectivity index (χ2n) is 2.62. The predicted molar refractivity (Wildman–Crippen MR) is 45.6 cm³/mol. The number of amidine groups is 1. The van der Waals surface area contributed by atoms with E-state index < -0.39 is 0 Å². The quantitative estimate of drug-likeness (QED) is 0.632. The van der Waals surface area contributed by atoms with Crippen LogP contribution in [0.5, 0.6) is 0 Å². The summed E-state index contributed by atoms with van der Waals surface area (Å²) in [6.07, 6.45) is 2.01. The van der Waals surface area contributed by atoms with Gasteiger partial charge in [-0.25, -0.2) is 0 Å². The second kappa shape index (κ2) is 3.53. The van der Waals surface area contributed by atoms with Gasteiger partial charge in [-0.3, -0.25) is 4.99 Å². The lowest BCUT2D eigenvalue weighted by atomic mass is 10.0. The smallest absolute Gasteiger partial charge is 0.121 e. The Bertz CT molecular complexity index is 196. The van der Waals surface area contributed by atoms with Gasteiger partial charge in [0.2, 0.25) is 0 Å². The molecule has 0 bridgehead atoms. The normalized spacial score (nSPS) is 27.6. The maximum atomic E-state index is 5.64. The maximum Gasteiger partial charge on any atom is 0.121 e. The van der Waals surface area contributed by atoms with Crippen LogP contribution in [0.4, 0.5) is 0 Å². The van der Waals surface area contributed by atoms with E-state index in [1.54, 1.807) is 7.11 Å². The standard InChI is InChI=1S/C8H14N2O/c1-3-7-6(5-11-2)4-10-8(7)9/h3,6H,4-5H2,1-2H3,(H2,9,10)/b7-3-/t6-/m0/s1. The van der Waals surface area contributed by atoms with Gasteiger partial charge in [0, 0.05) is 13.0 Å². The Morgan fingerprint density at radius 2 is 2.55 bits per heavy atom. The van der Waals surface area contributed by atoms with E-state index >= 15 is 0 Å². The molecular weight excluding hydrogens is 140 g/mol. The average Bonchev–Trinajstić information content (AvgIpc) is 2.33. The third-order valence-corrected chi connectivity index (χ3v) is 1.90. The number of nitrogens with zero attached hydrogens (tertiary/aromatic N) is 1. The number of methoxy groups -OCH3 is 1. The SMILES string of the molecule is C/C=C1\C(N)=NC[C@H]1COC. The number of nitrogens with two attached hydrogens (primary N) is 1. The summed E-state index contributed by atoms with van der Waals surface area (Å²) in [6, 6.07) is 0. The Balaban J connectivity index is 2.62. The highest BCUT2D eigenvalue weighted by molar-refractivity contribution is 5.99. The van der Waals surface area contributed by atoms with Gasteiger partial charge in [-0.1, -0.05) is 6.08 Å². The van der Waals surface area contributed by atoms with Crippen molar-refractivity contribution in [2.24, 2.45) is 16.6 Å². The van der Waals surface area contributed by atoms with E-state index in [-0.39, 0.29) is 0 Å². The zero-order valence-electron chi connectivity index (χ0n) is 7.00. The first-order valence-corrected chi connectivity index (χ1v) is 3.75. The molecule has 0 saturated heterocycles. The van der Waals surface area contributed by atoms with Crippen LogP contribution in [0.25, 0.3) is 0 Å². The zero-order valence-corrected chi connectivity index (χ0v) is 7.00. The van der Waals surface area contributed by atoms with Crippen molar-refractivity contribution in [1.29, 1.82) is 0 Å². The Labute approximate surface area is 66.9 Å². The summed E-state index contributed by atoms with van der Waals surface area (Å²) in [5.74, 6) is 1.06. The molecule has 0 aromatic rings. The molecule has 1 rings (SSSR count). The predicted octanol–water partition coefficient (Wildman–Crippen LogP) is 0.566. The molecule has 0 radical (unpaired) electrons. The third kappa shape index (κ3) is 1.60. The van der Waals surface area contributed by atoms with Crippen molar-refractivity contribution in [2.45, 2.75) is 6.92 Å². The molecule has 1 atom stereocenters. The van der Waals surface area contributed by atoms with Gasteiger partial charge in [-0.05, 0) is 12.5 Å². The molecule has 0 fully saturated rings. The average molecular weight is 154 g/mol. The van der Waals surface area contributed by atoms with Gasteiger partial charge in [0.1, 0.15) is 5.84 Å². The lowest BCUT2D eigenvalue weighted by Gasteiger charge is -2.08. The molecule has 2 N–H and O–H groups in total. The van der Waals surface area contributed by atoms with Crippen LogP contribution in [0.1, 0.15) is 6.92 Å². The molecule has 0 aromatic carbocycles. The molecule has 0 aromatic heterocycles. The molecule has 1 aliphatic heterocycles. The van der Waals surface area contributed by atoms with Gasteiger partial charge < -0.3 is 10.5 Å². The largest absolute Gasteiger partial charge is 0.384 e. The monoisotopic (exact) mass is 154 g/mol. The summed E-state index contributed by atoms with van der Waals surface area (Å²) < 4.78 is 5.04. The van der Waals surface area contributed by atoms with E-state index in [9.17, 15) is 0 Å². The molecule has 11 heavy (non-hydrogen) atoms. The van der Waals surface area contributed by atoms with Gasteiger partial charge in [-0.15, -0.1) is 0 Å². The van der Waals surface area contributed by atoms with Gasteiger partial charge in [0.25, 0.3) is 0 Å². The highest BCUT2D eigenvalue weighted by atomic mass is 16.5. The Hall–Kier alpha value is -0.830. The van der Waals surface area contributed by atoms with Crippen molar-refractivity contribution < 1.29 is 4.74 Å². The molecule has 3 nitrogen and oxygen atoms in total. The lowest BCUT2D eigenvalue weighted by Crippen LogP contribution is -2.17. The summed E-state index contributed by atoms with van der Waals surface area (Å²) in [5, 5.41) is 0. The molecule has 0 spiro atoms. The van der Waals surface area contributed by atoms with Crippen LogP contribution in [0.15, 0.2) is 16.6 Å². The Morgan fingerprint density at radius 3 is 3.09 bits per heavy atom. The fraction of sp³-hybridized carbons (Fsp3) is 0.625. The number of hydrogen-bond acceptors (Lipinski definition) is 3. The molecular formula is C8H14N2O. The number of aliphatic imine (C=N–C) groups is 1. The van der Waals surface area contributed by atoms with Crippen molar-refractivity contribution in [2.75, 3.05) is 20.3 Å². The van der Waals surface area contributed by atoms with Crippen molar-refractivity contribution in [1.82, 2.24) is 0 Å². The fourth-order valence-electron chi connectivity index (χ4n) is 1.33. The number of allylic oxidation sites excluding steroid dienone is 1. The Morgan fingerprint density at radius 1 is 1.82 bits per heavy atom. The van der Waals surface area contributed by atoms with Crippen LogP contribution in [0.3, 0.4) is 0 Å². The fourth-order valence-corrected chi connectivity index (χ4v) is 1.33. The maximum absolute atomic E-state index is 5.64. The van der Waals surface area contributed by atoms with E-state index in [1.165, 1.54) is 0 Å². The minimum absolute atomic E-state index is 0.380. The summed E-state index contributed by atoms with van der Waals surface area (Å²) in [4.78, 5) is 4.13. The van der Waals surface area contributed by atoms with Crippen molar-refractivity contribution >= 4 is 5.84 Å². The third-order valence-electron chi connectivity index (χ3n) is 1.90. The first kappa shape index (κ1) is 8.27. The highest BCUT2D eigenvalue weighted by Gasteiger charge is 2.21. The minimum Gasteiger partial charge on any atom is -0.384 e. The first-order valence-electron chi connectivity index (χ1n) is 3.75. The van der Waals surface area contributed by atoms with Crippen molar-refractivity contribution in [3.8, 4) is 0 Å². The molecule has 0 amide bonds. The van der Waals surface area contributed by atoms with Crippen LogP contribution in [-0.2, 0) is 4.74 Å². The number of hydrogen-bond donors (Lipinski definition) is 1. The summed E-state index contributed by atoms with van der Waals surface area (Å²) >= 11 is 0. The summed E-state index contributed by atoms with van der Waals surface area (Å²) in [5.41, 5.74) is 6.77. The molecule has 1 heterocycles. The van der Waals surface area contributed by atoms with Gasteiger partial charge in [-0.2, -0.15) is 0 Å². The minimum atomic E-state index is 0.380. The second-order valence-corrected chi connectivity index (χ2v) is 2.62. The van der Waals surface area contributed by atoms with Crippen LogP contribution in [0, 0.1) is 5.92 Å². The van der Waals surface area contributed by atoms with E-state index in [0.29, 0.717) is 18.4 Å². The summed E-state index contributed by atoms with van der Waals surface area (Å²) in [7, 11) is 1.70. The molecule has 0 saturated carbocycles. The van der Waals surface area contributed by atoms with E-state index in [1.807, 2.05) is 13.0 Å². The molecule has 1 aliphatic rings. The topological polar surface area (TPSA) is 47.6 Å². The molecule has 0 unspecified atom stereocenters. The number of rotatable bonds is 2. The number of ether oxygens (including phenoxy) is 1. The van der Waals surface area contributed by atoms with Crippen LogP contribution in [0.2, 0.25) is 0 Å². The first-order chi connectivity index (χ1) is 5.29. The summed E-state index contributed by atoms with van der Waals surface area (Å²) in [6.45, 7) is 3.47. The van der Waals surface area contributed by atoms with Crippen LogP contribution >= 0.6 is 0 Å². The zero-order chi connectivity index (χ0) is 8.27. The van der Waals surface area contributed by atoms with Gasteiger partial charge in [0.15, 0.2) is 0 Å².